The van der Waals surface area contributed by atoms with Crippen LogP contribution in [0.4, 0.5) is 0 Å². The van der Waals surface area contributed by atoms with Crippen LogP contribution >= 0.6 is 0 Å². The molecule has 1 aromatic carbocycles. The maximum Gasteiger partial charge on any atom is 0.304 e. The first kappa shape index (κ1) is 13.2. The number of benzene rings is 1. The van der Waals surface area contributed by atoms with E-state index in [0.717, 1.165) is 0 Å². The number of nitrogens with one attached hydrogen (secondary N) is 1. The topological polar surface area (TPSA) is 86.6 Å². The molecule has 0 heterocycles. The number of amides is 1. The van der Waals surface area contributed by atoms with E-state index in [1.54, 1.807) is 30.3 Å². The molecular formula is C12H15NO4. The molecule has 0 fully saturated rings. The number of rotatable bonds is 6. The maximum absolute atomic E-state index is 11.8. The van der Waals surface area contributed by atoms with Gasteiger partial charge in [-0.2, -0.15) is 0 Å². The highest BCUT2D eigenvalue weighted by molar-refractivity contribution is 5.87. The third-order valence-corrected chi connectivity index (χ3v) is 2.31. The molecular weight excluding hydrogens is 222 g/mol. The van der Waals surface area contributed by atoms with Gasteiger partial charge in [-0.15, -0.1) is 0 Å². The van der Waals surface area contributed by atoms with Gasteiger partial charge in [-0.05, 0) is 5.56 Å². The van der Waals surface area contributed by atoms with E-state index in [1.165, 1.54) is 0 Å². The van der Waals surface area contributed by atoms with E-state index in [-0.39, 0.29) is 25.5 Å². The summed E-state index contributed by atoms with van der Waals surface area (Å²) in [7, 11) is 0. The monoisotopic (exact) mass is 237 g/mol. The van der Waals surface area contributed by atoms with Gasteiger partial charge in [0.05, 0.1) is 18.9 Å². The van der Waals surface area contributed by atoms with Crippen molar-refractivity contribution in [2.45, 2.75) is 12.3 Å². The third kappa shape index (κ3) is 4.24. The summed E-state index contributed by atoms with van der Waals surface area (Å²) >= 11 is 0. The van der Waals surface area contributed by atoms with Gasteiger partial charge < -0.3 is 15.5 Å². The van der Waals surface area contributed by atoms with Crippen LogP contribution in [0.2, 0.25) is 0 Å². The van der Waals surface area contributed by atoms with E-state index in [4.69, 9.17) is 10.2 Å². The van der Waals surface area contributed by atoms with Crippen molar-refractivity contribution in [3.05, 3.63) is 35.9 Å². The lowest BCUT2D eigenvalue weighted by Crippen LogP contribution is -2.32. The van der Waals surface area contributed by atoms with Gasteiger partial charge >= 0.3 is 5.97 Å². The van der Waals surface area contributed by atoms with Crippen molar-refractivity contribution in [3.63, 3.8) is 0 Å². The van der Waals surface area contributed by atoms with E-state index in [0.29, 0.717) is 5.56 Å². The van der Waals surface area contributed by atoms with Crippen molar-refractivity contribution in [2.24, 2.45) is 0 Å². The van der Waals surface area contributed by atoms with Crippen molar-refractivity contribution in [2.75, 3.05) is 13.2 Å². The van der Waals surface area contributed by atoms with E-state index in [2.05, 4.69) is 5.32 Å². The van der Waals surface area contributed by atoms with Crippen LogP contribution in [0.1, 0.15) is 17.9 Å². The number of aliphatic carboxylic acids is 1. The quantitative estimate of drug-likeness (QED) is 0.666. The molecule has 92 valence electrons. The van der Waals surface area contributed by atoms with Crippen LogP contribution in [-0.2, 0) is 9.59 Å². The average Bonchev–Trinajstić information content (AvgIpc) is 2.34. The Morgan fingerprint density at radius 1 is 1.24 bits per heavy atom. The normalized spacial score (nSPS) is 11.8. The Kier molecular flexibility index (Phi) is 5.16. The van der Waals surface area contributed by atoms with Crippen molar-refractivity contribution >= 4 is 11.9 Å². The molecule has 0 aliphatic heterocycles. The molecule has 1 rings (SSSR count). The zero-order valence-corrected chi connectivity index (χ0v) is 9.30. The molecule has 5 heteroatoms. The molecule has 0 saturated carbocycles. The minimum atomic E-state index is -1.03. The Bertz CT molecular complexity index is 377. The largest absolute Gasteiger partial charge is 0.481 e. The average molecular weight is 237 g/mol. The number of aliphatic hydroxyl groups excluding tert-OH is 1. The summed E-state index contributed by atoms with van der Waals surface area (Å²) in [6, 6.07) is 8.73. The highest BCUT2D eigenvalue weighted by atomic mass is 16.4. The number of hydrogen-bond acceptors (Lipinski definition) is 3. The summed E-state index contributed by atoms with van der Waals surface area (Å²) in [6.07, 6.45) is -0.263. The minimum absolute atomic E-state index is 0.127. The SMILES string of the molecule is O=C(O)CC(C(=O)NCCO)c1ccccc1. The molecule has 0 saturated heterocycles. The third-order valence-electron chi connectivity index (χ3n) is 2.31. The number of hydrogen-bond donors (Lipinski definition) is 3. The second-order valence-electron chi connectivity index (χ2n) is 3.58. The summed E-state index contributed by atoms with van der Waals surface area (Å²) in [6.45, 7) is -0.0396. The first-order chi connectivity index (χ1) is 8.15. The standard InChI is InChI=1S/C12H15NO4/c14-7-6-13-12(17)10(8-11(15)16)9-4-2-1-3-5-9/h1-5,10,14H,6-8H2,(H,13,17)(H,15,16). The van der Waals surface area contributed by atoms with Crippen molar-refractivity contribution in [1.82, 2.24) is 5.32 Å². The van der Waals surface area contributed by atoms with E-state index < -0.39 is 11.9 Å². The van der Waals surface area contributed by atoms with Crippen LogP contribution in [0.25, 0.3) is 0 Å². The summed E-state index contributed by atoms with van der Waals surface area (Å²) < 4.78 is 0. The minimum Gasteiger partial charge on any atom is -0.481 e. The van der Waals surface area contributed by atoms with Gasteiger partial charge in [0.2, 0.25) is 5.91 Å². The second kappa shape index (κ2) is 6.65. The lowest BCUT2D eigenvalue weighted by atomic mass is 9.95. The summed E-state index contributed by atoms with van der Waals surface area (Å²) in [5.74, 6) is -2.13. The molecule has 1 aromatic rings. The van der Waals surface area contributed by atoms with Gasteiger partial charge in [0.25, 0.3) is 0 Å². The van der Waals surface area contributed by atoms with Gasteiger partial charge in [-0.25, -0.2) is 0 Å². The lowest BCUT2D eigenvalue weighted by molar-refractivity contribution is -0.139. The number of aliphatic hydroxyl groups is 1. The first-order valence-electron chi connectivity index (χ1n) is 5.30. The van der Waals surface area contributed by atoms with Crippen LogP contribution in [-0.4, -0.2) is 35.2 Å². The van der Waals surface area contributed by atoms with Gasteiger partial charge in [0.1, 0.15) is 0 Å². The molecule has 17 heavy (non-hydrogen) atoms. The number of carbonyl (C=O) groups is 2. The summed E-state index contributed by atoms with van der Waals surface area (Å²) in [4.78, 5) is 22.5. The molecule has 0 bridgehead atoms. The zero-order chi connectivity index (χ0) is 12.7. The van der Waals surface area contributed by atoms with Gasteiger partial charge in [0, 0.05) is 6.54 Å². The Morgan fingerprint density at radius 3 is 2.41 bits per heavy atom. The van der Waals surface area contributed by atoms with Crippen LogP contribution in [0.3, 0.4) is 0 Å². The number of carboxylic acids is 1. The molecule has 0 radical (unpaired) electrons. The van der Waals surface area contributed by atoms with Crippen LogP contribution in [0, 0.1) is 0 Å². The van der Waals surface area contributed by atoms with Crippen molar-refractivity contribution < 1.29 is 19.8 Å². The van der Waals surface area contributed by atoms with Gasteiger partial charge in [-0.1, -0.05) is 30.3 Å². The maximum atomic E-state index is 11.8. The fourth-order valence-corrected chi connectivity index (χ4v) is 1.52. The fourth-order valence-electron chi connectivity index (χ4n) is 1.52. The molecule has 1 atom stereocenters. The Labute approximate surface area is 99.1 Å². The molecule has 0 aliphatic rings. The number of carboxylic acid groups (broad SMARTS) is 1. The fraction of sp³-hybridized carbons (Fsp3) is 0.333. The van der Waals surface area contributed by atoms with E-state index in [1.807, 2.05) is 0 Å². The van der Waals surface area contributed by atoms with Crippen LogP contribution in [0.15, 0.2) is 30.3 Å². The highest BCUT2D eigenvalue weighted by Gasteiger charge is 2.22. The molecule has 3 N–H and O–H groups in total. The highest BCUT2D eigenvalue weighted by Crippen LogP contribution is 2.19. The second-order valence-corrected chi connectivity index (χ2v) is 3.58. The molecule has 0 aromatic heterocycles. The van der Waals surface area contributed by atoms with Gasteiger partial charge in [-0.3, -0.25) is 9.59 Å². The number of carbonyl (C=O) groups excluding carboxylic acids is 1. The summed E-state index contributed by atoms with van der Waals surface area (Å²) in [5, 5.41) is 19.9. The predicted octanol–water partition coefficient (Wildman–Crippen LogP) is 0.353. The van der Waals surface area contributed by atoms with Crippen molar-refractivity contribution in [3.8, 4) is 0 Å². The van der Waals surface area contributed by atoms with Crippen molar-refractivity contribution in [1.29, 1.82) is 0 Å². The predicted molar refractivity (Wildman–Crippen MR) is 61.5 cm³/mol. The Morgan fingerprint density at radius 2 is 1.88 bits per heavy atom. The zero-order valence-electron chi connectivity index (χ0n) is 9.30. The molecule has 1 unspecified atom stereocenters. The van der Waals surface area contributed by atoms with Gasteiger partial charge in [0.15, 0.2) is 0 Å². The molecule has 0 spiro atoms. The summed E-state index contributed by atoms with van der Waals surface area (Å²) in [5.41, 5.74) is 0.658. The van der Waals surface area contributed by atoms with E-state index in [9.17, 15) is 9.59 Å². The molecule has 0 aliphatic carbocycles. The molecule has 1 amide bonds. The van der Waals surface area contributed by atoms with E-state index >= 15 is 0 Å². The smallest absolute Gasteiger partial charge is 0.304 e. The van der Waals surface area contributed by atoms with Crippen LogP contribution in [0.5, 0.6) is 0 Å². The lowest BCUT2D eigenvalue weighted by Gasteiger charge is -2.14. The Hall–Kier alpha value is -1.88. The Balaban J connectivity index is 2.80. The molecule has 5 nitrogen and oxygen atoms in total. The van der Waals surface area contributed by atoms with Crippen LogP contribution < -0.4 is 5.32 Å². The first-order valence-corrected chi connectivity index (χ1v) is 5.30.